The Morgan fingerprint density at radius 1 is 0.884 bits per heavy atom. The number of carbonyl (C=O) groups excluding carboxylic acids is 1. The second-order valence-electron chi connectivity index (χ2n) is 10.8. The molecule has 0 radical (unpaired) electrons. The molecular formula is C36H36N4O3. The molecule has 2 aromatic heterocycles. The van der Waals surface area contributed by atoms with Crippen molar-refractivity contribution in [1.82, 2.24) is 19.1 Å². The van der Waals surface area contributed by atoms with Crippen LogP contribution in [0.2, 0.25) is 0 Å². The molecule has 43 heavy (non-hydrogen) atoms. The van der Waals surface area contributed by atoms with Gasteiger partial charge in [-0.3, -0.25) is 4.57 Å². The van der Waals surface area contributed by atoms with Crippen LogP contribution in [0.25, 0.3) is 28.0 Å². The van der Waals surface area contributed by atoms with Gasteiger partial charge < -0.3 is 14.0 Å². The van der Waals surface area contributed by atoms with Crippen LogP contribution in [0.4, 0.5) is 0 Å². The molecule has 1 atom stereocenters. The molecule has 1 unspecified atom stereocenters. The number of aromatic nitrogens is 4. The number of fused-ring (bicyclic) bond motifs is 2. The lowest BCUT2D eigenvalue weighted by Gasteiger charge is -2.18. The highest BCUT2D eigenvalue weighted by Crippen LogP contribution is 2.30. The van der Waals surface area contributed by atoms with Gasteiger partial charge in [0.2, 0.25) is 12.1 Å². The van der Waals surface area contributed by atoms with Gasteiger partial charge in [-0.15, -0.1) is 0 Å². The summed E-state index contributed by atoms with van der Waals surface area (Å²) in [4.78, 5) is 22.9. The quantitative estimate of drug-likeness (QED) is 0.160. The van der Waals surface area contributed by atoms with Crippen molar-refractivity contribution in [1.29, 1.82) is 0 Å². The zero-order chi connectivity index (χ0) is 29.9. The number of para-hydroxylation sites is 2. The summed E-state index contributed by atoms with van der Waals surface area (Å²) in [6.45, 7) is 6.40. The molecule has 0 spiro atoms. The number of nitrogens with zero attached hydrogens (tertiary/aromatic N) is 4. The summed E-state index contributed by atoms with van der Waals surface area (Å²) in [6.07, 6.45) is 1.72. The van der Waals surface area contributed by atoms with Crippen LogP contribution in [0.3, 0.4) is 0 Å². The molecule has 0 saturated carbocycles. The van der Waals surface area contributed by atoms with Crippen LogP contribution >= 0.6 is 0 Å². The highest BCUT2D eigenvalue weighted by molar-refractivity contribution is 5.84. The molecule has 0 amide bonds. The Bertz CT molecular complexity index is 1890. The first-order chi connectivity index (χ1) is 21.0. The number of esters is 1. The van der Waals surface area contributed by atoms with E-state index >= 15 is 0 Å². The van der Waals surface area contributed by atoms with E-state index in [1.807, 2.05) is 66.7 Å². The van der Waals surface area contributed by atoms with Crippen molar-refractivity contribution in [2.24, 2.45) is 7.05 Å². The molecule has 7 nitrogen and oxygen atoms in total. The van der Waals surface area contributed by atoms with Crippen molar-refractivity contribution in [2.45, 2.75) is 46.1 Å². The van der Waals surface area contributed by atoms with Crippen molar-refractivity contribution in [2.75, 3.05) is 6.61 Å². The van der Waals surface area contributed by atoms with Gasteiger partial charge in [0, 0.05) is 19.0 Å². The van der Waals surface area contributed by atoms with Crippen molar-refractivity contribution in [3.63, 3.8) is 0 Å². The van der Waals surface area contributed by atoms with E-state index in [2.05, 4.69) is 54.3 Å². The van der Waals surface area contributed by atoms with Crippen LogP contribution in [-0.4, -0.2) is 31.7 Å². The second-order valence-corrected chi connectivity index (χ2v) is 10.8. The van der Waals surface area contributed by atoms with Gasteiger partial charge in [-0.1, -0.05) is 67.6 Å². The van der Waals surface area contributed by atoms with E-state index in [4.69, 9.17) is 19.4 Å². The highest BCUT2D eigenvalue weighted by atomic mass is 16.6. The van der Waals surface area contributed by atoms with E-state index in [-0.39, 0.29) is 0 Å². The summed E-state index contributed by atoms with van der Waals surface area (Å²) in [5.74, 6) is 2.09. The van der Waals surface area contributed by atoms with Crippen LogP contribution < -0.4 is 4.74 Å². The smallest absolute Gasteiger partial charge is 0.352 e. The van der Waals surface area contributed by atoms with E-state index in [1.165, 1.54) is 5.56 Å². The maximum Gasteiger partial charge on any atom is 0.352 e. The van der Waals surface area contributed by atoms with E-state index in [1.54, 1.807) is 6.92 Å². The monoisotopic (exact) mass is 572 g/mol. The minimum Gasteiger partial charge on any atom is -0.474 e. The van der Waals surface area contributed by atoms with Gasteiger partial charge in [0.1, 0.15) is 11.6 Å². The largest absolute Gasteiger partial charge is 0.474 e. The lowest BCUT2D eigenvalue weighted by molar-refractivity contribution is -0.151. The molecule has 218 valence electrons. The molecular weight excluding hydrogens is 536 g/mol. The summed E-state index contributed by atoms with van der Waals surface area (Å²) >= 11 is 0. The number of ether oxygens (including phenoxy) is 2. The fourth-order valence-corrected chi connectivity index (χ4v) is 5.67. The van der Waals surface area contributed by atoms with Crippen molar-refractivity contribution in [3.8, 4) is 11.7 Å². The van der Waals surface area contributed by atoms with Gasteiger partial charge in [0.25, 0.3) is 0 Å². The third-order valence-electron chi connectivity index (χ3n) is 7.66. The molecule has 0 aliphatic rings. The average molecular weight is 573 g/mol. The number of benzene rings is 4. The number of hydrogen-bond donors (Lipinski definition) is 0. The Hall–Kier alpha value is -4.91. The Morgan fingerprint density at radius 2 is 1.63 bits per heavy atom. The zero-order valence-electron chi connectivity index (χ0n) is 25.1. The molecule has 0 fully saturated rings. The predicted octanol–water partition coefficient (Wildman–Crippen LogP) is 7.45. The molecule has 0 aliphatic carbocycles. The van der Waals surface area contributed by atoms with Crippen LogP contribution in [-0.2, 0) is 29.4 Å². The maximum atomic E-state index is 12.7. The molecule has 0 aliphatic heterocycles. The van der Waals surface area contributed by atoms with Gasteiger partial charge in [0.15, 0.2) is 0 Å². The van der Waals surface area contributed by atoms with Crippen LogP contribution in [0.15, 0.2) is 91.0 Å². The van der Waals surface area contributed by atoms with E-state index in [9.17, 15) is 4.79 Å². The topological polar surface area (TPSA) is 71.2 Å². The van der Waals surface area contributed by atoms with Crippen molar-refractivity contribution in [3.05, 3.63) is 119 Å². The van der Waals surface area contributed by atoms with Crippen LogP contribution in [0.1, 0.15) is 54.5 Å². The van der Waals surface area contributed by atoms with Crippen LogP contribution in [0.5, 0.6) is 5.75 Å². The number of rotatable bonds is 10. The lowest BCUT2D eigenvalue weighted by atomic mass is 10.0. The van der Waals surface area contributed by atoms with Crippen molar-refractivity contribution >= 4 is 28.0 Å². The van der Waals surface area contributed by atoms with Gasteiger partial charge >= 0.3 is 5.97 Å². The predicted molar refractivity (Wildman–Crippen MR) is 170 cm³/mol. The fraction of sp³-hybridized carbons (Fsp3) is 0.250. The maximum absolute atomic E-state index is 12.7. The Morgan fingerprint density at radius 3 is 2.35 bits per heavy atom. The third-order valence-corrected chi connectivity index (χ3v) is 7.66. The van der Waals surface area contributed by atoms with Crippen LogP contribution in [0, 0.1) is 6.92 Å². The normalized spacial score (nSPS) is 12.1. The molecule has 7 heteroatoms. The first-order valence-electron chi connectivity index (χ1n) is 14.9. The molecule has 6 rings (SSSR count). The summed E-state index contributed by atoms with van der Waals surface area (Å²) in [7, 11) is 2.07. The zero-order valence-corrected chi connectivity index (χ0v) is 25.1. The third kappa shape index (κ3) is 5.63. The molecule has 2 heterocycles. The van der Waals surface area contributed by atoms with E-state index < -0.39 is 12.1 Å². The van der Waals surface area contributed by atoms with E-state index in [0.717, 1.165) is 63.4 Å². The average Bonchev–Trinajstić information content (AvgIpc) is 3.54. The van der Waals surface area contributed by atoms with Gasteiger partial charge in [-0.2, -0.15) is 0 Å². The highest BCUT2D eigenvalue weighted by Gasteiger charge is 2.24. The second kappa shape index (κ2) is 12.1. The van der Waals surface area contributed by atoms with Gasteiger partial charge in [0.05, 0.1) is 28.7 Å². The standard InChI is InChI=1S/C36H36N4O3/c1-5-12-32-38-33-27(21-24(3)22-31(33)40(32)36-37-29-15-10-11-16-30(29)39(36)4)23-25-17-19-28(20-18-25)43-34(35(41)42-6-2)26-13-8-7-9-14-26/h7-11,13-22,34H,5-6,12,23H2,1-4H3. The minimum atomic E-state index is -0.827. The van der Waals surface area contributed by atoms with Gasteiger partial charge in [-0.25, -0.2) is 14.8 Å². The Balaban J connectivity index is 1.33. The minimum absolute atomic E-state index is 0.293. The number of hydrogen-bond acceptors (Lipinski definition) is 5. The molecule has 0 N–H and O–H groups in total. The summed E-state index contributed by atoms with van der Waals surface area (Å²) < 4.78 is 15.8. The lowest BCUT2D eigenvalue weighted by Crippen LogP contribution is -2.21. The SMILES string of the molecule is CCCc1nc2c(Cc3ccc(OC(C(=O)OCC)c4ccccc4)cc3)cc(C)cc2n1-c1nc2ccccc2n1C. The number of imidazole rings is 2. The molecule has 0 bridgehead atoms. The Labute approximate surface area is 251 Å². The summed E-state index contributed by atoms with van der Waals surface area (Å²) in [5, 5.41) is 0. The fourth-order valence-electron chi connectivity index (χ4n) is 5.67. The van der Waals surface area contributed by atoms with E-state index in [0.29, 0.717) is 18.8 Å². The number of aryl methyl sites for hydroxylation is 3. The first kappa shape index (κ1) is 28.2. The van der Waals surface area contributed by atoms with Crippen molar-refractivity contribution < 1.29 is 14.3 Å². The summed E-state index contributed by atoms with van der Waals surface area (Å²) in [5.41, 5.74) is 8.33. The first-order valence-corrected chi connectivity index (χ1v) is 14.9. The molecule has 4 aromatic carbocycles. The number of carbonyl (C=O) groups is 1. The molecule has 0 saturated heterocycles. The molecule has 6 aromatic rings. The van der Waals surface area contributed by atoms with Gasteiger partial charge in [-0.05, 0) is 73.7 Å². The Kier molecular flexibility index (Phi) is 7.97. The summed E-state index contributed by atoms with van der Waals surface area (Å²) in [6, 6.07) is 30.0.